The smallest absolute Gasteiger partial charge is 0.261 e. The van der Waals surface area contributed by atoms with E-state index in [0.29, 0.717) is 22.9 Å². The van der Waals surface area contributed by atoms with E-state index in [1.165, 1.54) is 38.5 Å². The number of hydrogen-bond donors (Lipinski definition) is 2. The third-order valence-electron chi connectivity index (χ3n) is 6.17. The molecule has 2 aromatic carbocycles. The van der Waals surface area contributed by atoms with Crippen LogP contribution in [0.2, 0.25) is 0 Å². The van der Waals surface area contributed by atoms with E-state index in [2.05, 4.69) is 10.0 Å². The number of nitrogens with one attached hydrogen (secondary N) is 2. The number of rotatable bonds is 6. The minimum absolute atomic E-state index is 0.134. The molecule has 0 radical (unpaired) electrons. The summed E-state index contributed by atoms with van der Waals surface area (Å²) >= 11 is 0. The third kappa shape index (κ3) is 4.10. The molecule has 2 saturated carbocycles. The summed E-state index contributed by atoms with van der Waals surface area (Å²) in [4.78, 5) is 12.9. The van der Waals surface area contributed by atoms with Gasteiger partial charge < -0.3 is 10.1 Å². The van der Waals surface area contributed by atoms with Gasteiger partial charge >= 0.3 is 0 Å². The lowest BCUT2D eigenvalue weighted by Gasteiger charge is -2.23. The van der Waals surface area contributed by atoms with Gasteiger partial charge in [-0.25, -0.2) is 8.42 Å². The second-order valence-electron chi connectivity index (χ2n) is 8.07. The molecule has 0 heterocycles. The minimum atomic E-state index is -3.77. The van der Waals surface area contributed by atoms with Crippen molar-refractivity contribution >= 4 is 21.6 Å². The molecule has 0 spiro atoms. The van der Waals surface area contributed by atoms with Crippen molar-refractivity contribution in [3.63, 3.8) is 0 Å². The second kappa shape index (κ2) is 7.71. The summed E-state index contributed by atoms with van der Waals surface area (Å²) in [6.45, 7) is 1.81. The van der Waals surface area contributed by atoms with Gasteiger partial charge in [0.1, 0.15) is 5.75 Å². The van der Waals surface area contributed by atoms with Crippen LogP contribution in [0.25, 0.3) is 0 Å². The number of amides is 1. The Labute approximate surface area is 171 Å². The summed E-state index contributed by atoms with van der Waals surface area (Å²) in [5.74, 6) is 1.77. The van der Waals surface area contributed by atoms with Gasteiger partial charge in [0.05, 0.1) is 17.7 Å². The third-order valence-corrected chi connectivity index (χ3v) is 7.55. The molecule has 0 aromatic heterocycles. The van der Waals surface area contributed by atoms with E-state index in [0.717, 1.165) is 17.9 Å². The van der Waals surface area contributed by atoms with E-state index in [9.17, 15) is 13.2 Å². The van der Waals surface area contributed by atoms with Gasteiger partial charge in [0.15, 0.2) is 0 Å². The maximum absolute atomic E-state index is 12.7. The van der Waals surface area contributed by atoms with Crippen LogP contribution in [0.1, 0.15) is 41.6 Å². The first-order valence-electron chi connectivity index (χ1n) is 9.94. The Kier molecular flexibility index (Phi) is 5.25. The summed E-state index contributed by atoms with van der Waals surface area (Å²) in [7, 11) is -2.24. The summed E-state index contributed by atoms with van der Waals surface area (Å²) in [5.41, 5.74) is 1.62. The molecule has 1 amide bonds. The lowest BCUT2D eigenvalue weighted by molar-refractivity contribution is 0.0923. The van der Waals surface area contributed by atoms with Crippen molar-refractivity contribution in [2.75, 3.05) is 11.8 Å². The fourth-order valence-electron chi connectivity index (χ4n) is 4.50. The Morgan fingerprint density at radius 2 is 1.83 bits per heavy atom. The van der Waals surface area contributed by atoms with Gasteiger partial charge in [0.2, 0.25) is 0 Å². The predicted octanol–water partition coefficient (Wildman–Crippen LogP) is 3.72. The molecule has 0 aliphatic heterocycles. The van der Waals surface area contributed by atoms with Crippen LogP contribution in [0.3, 0.4) is 0 Å². The predicted molar refractivity (Wildman–Crippen MR) is 112 cm³/mol. The van der Waals surface area contributed by atoms with Crippen molar-refractivity contribution in [2.45, 2.75) is 43.5 Å². The molecule has 2 aromatic rings. The van der Waals surface area contributed by atoms with E-state index in [-0.39, 0.29) is 16.8 Å². The summed E-state index contributed by atoms with van der Waals surface area (Å²) in [6, 6.07) is 11.5. The normalized spacial score (nSPS) is 23.0. The zero-order valence-corrected chi connectivity index (χ0v) is 17.5. The molecule has 29 heavy (non-hydrogen) atoms. The maximum Gasteiger partial charge on any atom is 0.261 e. The SMILES string of the molecule is COc1ccc(S(=O)(=O)Nc2cc(C(=O)N[C@H]3C[C@H]4CC[C@H]3C4)ccc2C)cc1. The average molecular weight is 415 g/mol. The zero-order valence-electron chi connectivity index (χ0n) is 16.6. The minimum Gasteiger partial charge on any atom is -0.497 e. The van der Waals surface area contributed by atoms with Crippen LogP contribution < -0.4 is 14.8 Å². The molecule has 0 saturated heterocycles. The topological polar surface area (TPSA) is 84.5 Å². The van der Waals surface area contributed by atoms with Crippen molar-refractivity contribution in [1.82, 2.24) is 5.32 Å². The second-order valence-corrected chi connectivity index (χ2v) is 9.75. The summed E-state index contributed by atoms with van der Waals surface area (Å²) < 4.78 is 33.2. The highest BCUT2D eigenvalue weighted by molar-refractivity contribution is 7.92. The molecule has 0 unspecified atom stereocenters. The van der Waals surface area contributed by atoms with Gasteiger partial charge in [-0.1, -0.05) is 12.5 Å². The number of benzene rings is 2. The van der Waals surface area contributed by atoms with Crippen LogP contribution in [-0.2, 0) is 10.0 Å². The van der Waals surface area contributed by atoms with Crippen molar-refractivity contribution in [1.29, 1.82) is 0 Å². The Hall–Kier alpha value is -2.54. The number of ether oxygens (including phenoxy) is 1. The number of carbonyl (C=O) groups is 1. The van der Waals surface area contributed by atoms with Crippen molar-refractivity contribution in [2.24, 2.45) is 11.8 Å². The zero-order chi connectivity index (χ0) is 20.6. The van der Waals surface area contributed by atoms with Crippen LogP contribution in [0.5, 0.6) is 5.75 Å². The standard InChI is InChI=1S/C22H26N2O4S/c1-14-3-5-17(22(25)23-21-12-15-4-6-16(21)11-15)13-20(14)24-29(26,27)19-9-7-18(28-2)8-10-19/h3,5,7-10,13,15-16,21,24H,4,6,11-12H2,1-2H3,(H,23,25)/t15-,16-,21-/m0/s1. The number of aryl methyl sites for hydroxylation is 1. The Balaban J connectivity index is 1.51. The fraction of sp³-hybridized carbons (Fsp3) is 0.409. The molecule has 2 N–H and O–H groups in total. The molecule has 2 aliphatic carbocycles. The van der Waals surface area contributed by atoms with E-state index in [1.54, 1.807) is 30.3 Å². The Morgan fingerprint density at radius 1 is 1.07 bits per heavy atom. The van der Waals surface area contributed by atoms with Crippen LogP contribution in [-0.4, -0.2) is 27.5 Å². The molecule has 154 valence electrons. The molecule has 6 nitrogen and oxygen atoms in total. The monoisotopic (exact) mass is 414 g/mol. The van der Waals surface area contributed by atoms with Crippen molar-refractivity contribution < 1.29 is 17.9 Å². The quantitative estimate of drug-likeness (QED) is 0.754. The average Bonchev–Trinajstić information content (AvgIpc) is 3.32. The van der Waals surface area contributed by atoms with Gasteiger partial charge in [-0.15, -0.1) is 0 Å². The van der Waals surface area contributed by atoms with Gasteiger partial charge in [0, 0.05) is 11.6 Å². The molecular weight excluding hydrogens is 388 g/mol. The van der Waals surface area contributed by atoms with Gasteiger partial charge in [-0.05, 0) is 80.0 Å². The molecule has 2 aliphatic rings. The van der Waals surface area contributed by atoms with E-state index < -0.39 is 10.0 Å². The maximum atomic E-state index is 12.7. The molecule has 4 rings (SSSR count). The number of carbonyl (C=O) groups excluding carboxylic acids is 1. The van der Waals surface area contributed by atoms with Crippen molar-refractivity contribution in [3.8, 4) is 5.75 Å². The van der Waals surface area contributed by atoms with Crippen LogP contribution >= 0.6 is 0 Å². The van der Waals surface area contributed by atoms with E-state index in [1.807, 2.05) is 6.92 Å². The highest BCUT2D eigenvalue weighted by Crippen LogP contribution is 2.44. The van der Waals surface area contributed by atoms with E-state index >= 15 is 0 Å². The first-order chi connectivity index (χ1) is 13.9. The molecule has 2 bridgehead atoms. The fourth-order valence-corrected chi connectivity index (χ4v) is 5.63. The lowest BCUT2D eigenvalue weighted by Crippen LogP contribution is -2.38. The highest BCUT2D eigenvalue weighted by Gasteiger charge is 2.40. The largest absolute Gasteiger partial charge is 0.497 e. The molecule has 2 fully saturated rings. The number of sulfonamides is 1. The van der Waals surface area contributed by atoms with Crippen molar-refractivity contribution in [3.05, 3.63) is 53.6 Å². The molecule has 3 atom stereocenters. The number of anilines is 1. The molecular formula is C22H26N2O4S. The number of fused-ring (bicyclic) bond motifs is 2. The number of hydrogen-bond acceptors (Lipinski definition) is 4. The van der Waals surface area contributed by atoms with Gasteiger partial charge in [-0.3, -0.25) is 9.52 Å². The Bertz CT molecular complexity index is 1020. The summed E-state index contributed by atoms with van der Waals surface area (Å²) in [6.07, 6.45) is 4.74. The van der Waals surface area contributed by atoms with Crippen LogP contribution in [0.15, 0.2) is 47.4 Å². The van der Waals surface area contributed by atoms with E-state index in [4.69, 9.17) is 4.74 Å². The summed E-state index contributed by atoms with van der Waals surface area (Å²) in [5, 5.41) is 3.15. The highest BCUT2D eigenvalue weighted by atomic mass is 32.2. The van der Waals surface area contributed by atoms with Crippen LogP contribution in [0.4, 0.5) is 5.69 Å². The molecule has 7 heteroatoms. The van der Waals surface area contributed by atoms with Gasteiger partial charge in [0.25, 0.3) is 15.9 Å². The lowest BCUT2D eigenvalue weighted by atomic mass is 9.95. The number of methoxy groups -OCH3 is 1. The first kappa shape index (κ1) is 19.8. The van der Waals surface area contributed by atoms with Crippen LogP contribution in [0, 0.1) is 18.8 Å². The Morgan fingerprint density at radius 3 is 2.45 bits per heavy atom. The van der Waals surface area contributed by atoms with Gasteiger partial charge in [-0.2, -0.15) is 0 Å². The first-order valence-corrected chi connectivity index (χ1v) is 11.4.